The minimum absolute atomic E-state index is 0.00113. The highest BCUT2D eigenvalue weighted by molar-refractivity contribution is 5.98. The standard InChI is InChI=1S/C10H15FN2O2/c1-10(7-2-3-7)9(15)12-6-8(14)13(10)5-4-11/h7H,2-6H2,1H3,(H,12,15). The fourth-order valence-electron chi connectivity index (χ4n) is 2.30. The molecule has 0 aromatic rings. The van der Waals surface area contributed by atoms with E-state index in [0.717, 1.165) is 12.8 Å². The minimum Gasteiger partial charge on any atom is -0.345 e. The van der Waals surface area contributed by atoms with Crippen LogP contribution < -0.4 is 5.32 Å². The summed E-state index contributed by atoms with van der Waals surface area (Å²) in [6, 6.07) is 0. The molecule has 0 aromatic carbocycles. The zero-order valence-corrected chi connectivity index (χ0v) is 8.75. The molecular formula is C10H15FN2O2. The molecule has 1 aliphatic heterocycles. The minimum atomic E-state index is -0.818. The number of halogens is 1. The van der Waals surface area contributed by atoms with E-state index in [1.807, 2.05) is 0 Å². The van der Waals surface area contributed by atoms with Crippen LogP contribution in [0.2, 0.25) is 0 Å². The van der Waals surface area contributed by atoms with Crippen molar-refractivity contribution < 1.29 is 14.0 Å². The molecule has 1 atom stereocenters. The molecular weight excluding hydrogens is 199 g/mol. The third kappa shape index (κ3) is 1.50. The molecule has 0 bridgehead atoms. The highest BCUT2D eigenvalue weighted by Gasteiger charge is 2.54. The fourth-order valence-corrected chi connectivity index (χ4v) is 2.30. The van der Waals surface area contributed by atoms with Crippen LogP contribution >= 0.6 is 0 Å². The molecule has 4 nitrogen and oxygen atoms in total. The van der Waals surface area contributed by atoms with Gasteiger partial charge in [-0.2, -0.15) is 0 Å². The van der Waals surface area contributed by atoms with Gasteiger partial charge in [-0.1, -0.05) is 0 Å². The predicted molar refractivity (Wildman–Crippen MR) is 51.8 cm³/mol. The van der Waals surface area contributed by atoms with Crippen LogP contribution in [0.5, 0.6) is 0 Å². The smallest absolute Gasteiger partial charge is 0.246 e. The van der Waals surface area contributed by atoms with Gasteiger partial charge >= 0.3 is 0 Å². The SMILES string of the molecule is CC1(C2CC2)C(=O)NCC(=O)N1CCF. The summed E-state index contributed by atoms with van der Waals surface area (Å²) in [6.07, 6.45) is 1.89. The zero-order chi connectivity index (χ0) is 11.1. The average Bonchev–Trinajstić information content (AvgIpc) is 3.02. The lowest BCUT2D eigenvalue weighted by atomic mass is 9.90. The van der Waals surface area contributed by atoms with E-state index < -0.39 is 12.2 Å². The van der Waals surface area contributed by atoms with Gasteiger partial charge in [0.25, 0.3) is 0 Å². The van der Waals surface area contributed by atoms with E-state index in [1.54, 1.807) is 6.92 Å². The number of nitrogens with zero attached hydrogens (tertiary/aromatic N) is 1. The van der Waals surface area contributed by atoms with Gasteiger partial charge in [0.15, 0.2) is 0 Å². The number of hydrogen-bond donors (Lipinski definition) is 1. The number of alkyl halides is 1. The van der Waals surface area contributed by atoms with E-state index in [9.17, 15) is 14.0 Å². The lowest BCUT2D eigenvalue weighted by Gasteiger charge is -2.43. The Hall–Kier alpha value is -1.13. The summed E-state index contributed by atoms with van der Waals surface area (Å²) in [5.74, 6) is -0.118. The van der Waals surface area contributed by atoms with Crippen molar-refractivity contribution in [3.8, 4) is 0 Å². The zero-order valence-electron chi connectivity index (χ0n) is 8.75. The van der Waals surface area contributed by atoms with Crippen molar-refractivity contribution in [2.24, 2.45) is 5.92 Å². The van der Waals surface area contributed by atoms with Crippen LogP contribution in [0, 0.1) is 5.92 Å². The van der Waals surface area contributed by atoms with Gasteiger partial charge < -0.3 is 10.2 Å². The number of hydrogen-bond acceptors (Lipinski definition) is 2. The summed E-state index contributed by atoms with van der Waals surface area (Å²) in [4.78, 5) is 24.8. The molecule has 84 valence electrons. The average molecular weight is 214 g/mol. The molecule has 1 unspecified atom stereocenters. The summed E-state index contributed by atoms with van der Waals surface area (Å²) in [5, 5.41) is 2.58. The monoisotopic (exact) mass is 214 g/mol. The van der Waals surface area contributed by atoms with E-state index in [4.69, 9.17) is 0 Å². The van der Waals surface area contributed by atoms with Crippen LogP contribution in [0.4, 0.5) is 4.39 Å². The molecule has 5 heteroatoms. The molecule has 2 aliphatic rings. The van der Waals surface area contributed by atoms with Crippen molar-refractivity contribution in [2.45, 2.75) is 25.3 Å². The molecule has 1 saturated carbocycles. The number of carbonyl (C=O) groups is 2. The van der Waals surface area contributed by atoms with Gasteiger partial charge in [-0.05, 0) is 25.7 Å². The summed E-state index contributed by atoms with van der Waals surface area (Å²) in [6.45, 7) is 1.18. The Bertz CT molecular complexity index is 304. The maximum atomic E-state index is 12.4. The Morgan fingerprint density at radius 1 is 1.53 bits per heavy atom. The number of carbonyl (C=O) groups excluding carboxylic acids is 2. The summed E-state index contributed by atoms with van der Waals surface area (Å²) < 4.78 is 12.4. The first-order valence-electron chi connectivity index (χ1n) is 5.25. The molecule has 2 amide bonds. The van der Waals surface area contributed by atoms with Crippen molar-refractivity contribution in [1.82, 2.24) is 10.2 Å². The van der Waals surface area contributed by atoms with Gasteiger partial charge in [0.1, 0.15) is 12.2 Å². The molecule has 0 radical (unpaired) electrons. The van der Waals surface area contributed by atoms with Gasteiger partial charge in [0, 0.05) is 0 Å². The normalized spacial score (nSPS) is 31.7. The molecule has 1 saturated heterocycles. The van der Waals surface area contributed by atoms with Crippen LogP contribution in [0.25, 0.3) is 0 Å². The Morgan fingerprint density at radius 3 is 2.73 bits per heavy atom. The first-order chi connectivity index (χ1) is 7.10. The number of amides is 2. The summed E-state index contributed by atoms with van der Waals surface area (Å²) in [5.41, 5.74) is -0.818. The van der Waals surface area contributed by atoms with Gasteiger partial charge in [-0.15, -0.1) is 0 Å². The largest absolute Gasteiger partial charge is 0.345 e. The van der Waals surface area contributed by atoms with E-state index in [1.165, 1.54) is 4.90 Å². The van der Waals surface area contributed by atoms with Crippen molar-refractivity contribution in [3.63, 3.8) is 0 Å². The number of piperazine rings is 1. The van der Waals surface area contributed by atoms with Crippen LogP contribution in [0.3, 0.4) is 0 Å². The highest BCUT2D eigenvalue weighted by atomic mass is 19.1. The Labute approximate surface area is 87.8 Å². The van der Waals surface area contributed by atoms with E-state index in [-0.39, 0.29) is 30.8 Å². The van der Waals surface area contributed by atoms with Crippen molar-refractivity contribution in [2.75, 3.05) is 19.8 Å². The molecule has 2 fully saturated rings. The molecule has 1 aliphatic carbocycles. The van der Waals surface area contributed by atoms with Crippen molar-refractivity contribution in [3.05, 3.63) is 0 Å². The summed E-state index contributed by atoms with van der Waals surface area (Å²) in [7, 11) is 0. The van der Waals surface area contributed by atoms with Crippen LogP contribution in [-0.2, 0) is 9.59 Å². The number of rotatable bonds is 3. The highest BCUT2D eigenvalue weighted by Crippen LogP contribution is 2.44. The van der Waals surface area contributed by atoms with Gasteiger partial charge in [0.2, 0.25) is 11.8 Å². The van der Waals surface area contributed by atoms with E-state index in [0.29, 0.717) is 0 Å². The first kappa shape index (κ1) is 10.4. The molecule has 0 spiro atoms. The first-order valence-corrected chi connectivity index (χ1v) is 5.25. The fraction of sp³-hybridized carbons (Fsp3) is 0.800. The second kappa shape index (κ2) is 3.47. The Morgan fingerprint density at radius 2 is 2.20 bits per heavy atom. The third-order valence-electron chi connectivity index (χ3n) is 3.40. The van der Waals surface area contributed by atoms with Gasteiger partial charge in [-0.3, -0.25) is 9.59 Å². The van der Waals surface area contributed by atoms with E-state index >= 15 is 0 Å². The lowest BCUT2D eigenvalue weighted by Crippen LogP contribution is -2.67. The van der Waals surface area contributed by atoms with E-state index in [2.05, 4.69) is 5.32 Å². The van der Waals surface area contributed by atoms with Crippen molar-refractivity contribution in [1.29, 1.82) is 0 Å². The maximum absolute atomic E-state index is 12.4. The molecule has 15 heavy (non-hydrogen) atoms. The second-order valence-electron chi connectivity index (χ2n) is 4.34. The van der Waals surface area contributed by atoms with Gasteiger partial charge in [0.05, 0.1) is 13.1 Å². The lowest BCUT2D eigenvalue weighted by molar-refractivity contribution is -0.154. The molecule has 2 rings (SSSR count). The quantitative estimate of drug-likeness (QED) is 0.723. The summed E-state index contributed by atoms with van der Waals surface area (Å²) >= 11 is 0. The Balaban J connectivity index is 2.26. The predicted octanol–water partition coefficient (Wildman–Crippen LogP) is 0.0830. The number of nitrogens with one attached hydrogen (secondary N) is 1. The third-order valence-corrected chi connectivity index (χ3v) is 3.40. The van der Waals surface area contributed by atoms with Crippen LogP contribution in [0.15, 0.2) is 0 Å². The van der Waals surface area contributed by atoms with Crippen molar-refractivity contribution >= 4 is 11.8 Å². The van der Waals surface area contributed by atoms with Crippen LogP contribution in [0.1, 0.15) is 19.8 Å². The van der Waals surface area contributed by atoms with Gasteiger partial charge in [-0.25, -0.2) is 4.39 Å². The molecule has 0 aromatic heterocycles. The molecule has 1 N–H and O–H groups in total. The topological polar surface area (TPSA) is 49.4 Å². The Kier molecular flexibility index (Phi) is 2.40. The van der Waals surface area contributed by atoms with Crippen LogP contribution in [-0.4, -0.2) is 42.0 Å². The molecule has 1 heterocycles. The maximum Gasteiger partial charge on any atom is 0.246 e. The second-order valence-corrected chi connectivity index (χ2v) is 4.34.